The molecule has 21 heavy (non-hydrogen) atoms. The Labute approximate surface area is 132 Å². The van der Waals surface area contributed by atoms with Crippen LogP contribution in [0.4, 0.5) is 0 Å². The fraction of sp³-hybridized carbons (Fsp3) is 0.400. The molecule has 1 aliphatic heterocycles. The molecule has 0 amide bonds. The number of rotatable bonds is 2. The Hall–Kier alpha value is -1.21. The second-order valence-corrected chi connectivity index (χ2v) is 8.18. The lowest BCUT2D eigenvalue weighted by atomic mass is 9.82. The van der Waals surface area contributed by atoms with Gasteiger partial charge in [0.25, 0.3) is 0 Å². The van der Waals surface area contributed by atoms with Crippen LogP contribution in [0.1, 0.15) is 42.7 Å². The lowest BCUT2D eigenvalue weighted by Gasteiger charge is -2.22. The zero-order valence-electron chi connectivity index (χ0n) is 12.5. The smallest absolute Gasteiger partial charge is 0.00934 e. The highest BCUT2D eigenvalue weighted by molar-refractivity contribution is 8.00. The van der Waals surface area contributed by atoms with E-state index in [0.29, 0.717) is 0 Å². The molecule has 5 atom stereocenters. The van der Waals surface area contributed by atoms with E-state index in [0.717, 1.165) is 28.3 Å². The van der Waals surface area contributed by atoms with E-state index in [2.05, 4.69) is 79.3 Å². The molecule has 4 rings (SSSR count). The van der Waals surface area contributed by atoms with E-state index in [1.807, 2.05) is 0 Å². The Bertz CT molecular complexity index is 592. The molecule has 2 aromatic rings. The van der Waals surface area contributed by atoms with Crippen molar-refractivity contribution in [3.8, 4) is 0 Å². The van der Waals surface area contributed by atoms with Crippen molar-refractivity contribution in [1.82, 2.24) is 0 Å². The van der Waals surface area contributed by atoms with Crippen LogP contribution in [0.3, 0.4) is 0 Å². The molecule has 0 N–H and O–H groups in total. The molecular formula is C20H22S. The van der Waals surface area contributed by atoms with Gasteiger partial charge in [-0.05, 0) is 41.7 Å². The first kappa shape index (κ1) is 13.5. The summed E-state index contributed by atoms with van der Waals surface area (Å²) < 4.78 is 0. The molecule has 5 unspecified atom stereocenters. The lowest BCUT2D eigenvalue weighted by molar-refractivity contribution is 0.458. The fourth-order valence-electron chi connectivity index (χ4n) is 4.47. The number of thioether (sulfide) groups is 1. The van der Waals surface area contributed by atoms with E-state index in [-0.39, 0.29) is 0 Å². The normalized spacial score (nSPS) is 34.8. The van der Waals surface area contributed by atoms with E-state index < -0.39 is 0 Å². The highest BCUT2D eigenvalue weighted by Crippen LogP contribution is 2.58. The van der Waals surface area contributed by atoms with Gasteiger partial charge in [0.1, 0.15) is 0 Å². The highest BCUT2D eigenvalue weighted by Gasteiger charge is 2.48. The van der Waals surface area contributed by atoms with Crippen LogP contribution < -0.4 is 0 Å². The third kappa shape index (κ3) is 2.42. The van der Waals surface area contributed by atoms with Gasteiger partial charge < -0.3 is 0 Å². The first-order valence-electron chi connectivity index (χ1n) is 8.08. The number of hydrogen-bond acceptors (Lipinski definition) is 1. The van der Waals surface area contributed by atoms with Gasteiger partial charge in [-0.2, -0.15) is 11.8 Å². The van der Waals surface area contributed by atoms with E-state index >= 15 is 0 Å². The van der Waals surface area contributed by atoms with Crippen LogP contribution in [0.25, 0.3) is 0 Å². The minimum absolute atomic E-state index is 0.745. The fourth-order valence-corrected chi connectivity index (χ4v) is 6.37. The van der Waals surface area contributed by atoms with E-state index in [1.54, 1.807) is 11.1 Å². The number of fused-ring (bicyclic) bond motifs is 1. The summed E-state index contributed by atoms with van der Waals surface area (Å²) in [6.45, 7) is 2.43. The van der Waals surface area contributed by atoms with Gasteiger partial charge in [0, 0.05) is 10.5 Å². The van der Waals surface area contributed by atoms with Crippen LogP contribution in [0.2, 0.25) is 0 Å². The van der Waals surface area contributed by atoms with Gasteiger partial charge in [0.15, 0.2) is 0 Å². The lowest BCUT2D eigenvalue weighted by Crippen LogP contribution is -2.15. The van der Waals surface area contributed by atoms with Gasteiger partial charge in [-0.25, -0.2) is 0 Å². The Morgan fingerprint density at radius 2 is 1.43 bits per heavy atom. The maximum absolute atomic E-state index is 2.43. The topological polar surface area (TPSA) is 0 Å². The summed E-state index contributed by atoms with van der Waals surface area (Å²) in [6.07, 6.45) is 2.73. The Kier molecular flexibility index (Phi) is 3.54. The van der Waals surface area contributed by atoms with Gasteiger partial charge >= 0.3 is 0 Å². The predicted octanol–water partition coefficient (Wildman–Crippen LogP) is 5.47. The molecule has 0 radical (unpaired) electrons. The van der Waals surface area contributed by atoms with Crippen molar-refractivity contribution in [1.29, 1.82) is 0 Å². The van der Waals surface area contributed by atoms with Crippen LogP contribution in [-0.2, 0) is 0 Å². The molecule has 0 nitrogen and oxygen atoms in total. The molecule has 0 aromatic heterocycles. The van der Waals surface area contributed by atoms with Crippen LogP contribution in [0.5, 0.6) is 0 Å². The van der Waals surface area contributed by atoms with Crippen LogP contribution in [-0.4, -0.2) is 10.5 Å². The summed E-state index contributed by atoms with van der Waals surface area (Å²) in [6, 6.07) is 22.3. The molecule has 1 saturated heterocycles. The summed E-state index contributed by atoms with van der Waals surface area (Å²) in [5.41, 5.74) is 3.10. The molecule has 1 heterocycles. The predicted molar refractivity (Wildman–Crippen MR) is 91.9 cm³/mol. The number of benzene rings is 2. The Morgan fingerprint density at radius 3 is 2.10 bits per heavy atom. The van der Waals surface area contributed by atoms with Gasteiger partial charge in [-0.15, -0.1) is 0 Å². The van der Waals surface area contributed by atoms with Crippen molar-refractivity contribution in [2.45, 2.75) is 42.1 Å². The molecule has 0 spiro atoms. The van der Waals surface area contributed by atoms with Crippen LogP contribution >= 0.6 is 11.8 Å². The molecule has 1 aliphatic carbocycles. The van der Waals surface area contributed by atoms with Crippen molar-refractivity contribution < 1.29 is 0 Å². The number of hydrogen-bond donors (Lipinski definition) is 0. The van der Waals surface area contributed by atoms with Gasteiger partial charge in [0.2, 0.25) is 0 Å². The first-order valence-corrected chi connectivity index (χ1v) is 9.02. The second kappa shape index (κ2) is 5.53. The average molecular weight is 294 g/mol. The van der Waals surface area contributed by atoms with Crippen molar-refractivity contribution in [2.24, 2.45) is 5.92 Å². The highest BCUT2D eigenvalue weighted by atomic mass is 32.2. The SMILES string of the molecule is CC1SC2CC(c3ccccc3)CC2C1c1ccccc1. The molecule has 1 heteroatoms. The maximum atomic E-state index is 2.43. The van der Waals surface area contributed by atoms with Crippen molar-refractivity contribution >= 4 is 11.8 Å². The minimum Gasteiger partial charge on any atom is -0.154 e. The van der Waals surface area contributed by atoms with Crippen molar-refractivity contribution in [3.63, 3.8) is 0 Å². The monoisotopic (exact) mass is 294 g/mol. The first-order chi connectivity index (χ1) is 10.3. The molecule has 0 bridgehead atoms. The Balaban J connectivity index is 1.59. The molecular weight excluding hydrogens is 272 g/mol. The second-order valence-electron chi connectivity index (χ2n) is 6.56. The zero-order valence-corrected chi connectivity index (χ0v) is 13.3. The summed E-state index contributed by atoms with van der Waals surface area (Å²) in [4.78, 5) is 0. The van der Waals surface area contributed by atoms with Gasteiger partial charge in [-0.1, -0.05) is 67.6 Å². The van der Waals surface area contributed by atoms with Gasteiger partial charge in [0.05, 0.1) is 0 Å². The van der Waals surface area contributed by atoms with E-state index in [9.17, 15) is 0 Å². The van der Waals surface area contributed by atoms with Gasteiger partial charge in [-0.3, -0.25) is 0 Å². The molecule has 2 aromatic carbocycles. The van der Waals surface area contributed by atoms with E-state index in [1.165, 1.54) is 12.8 Å². The van der Waals surface area contributed by atoms with Crippen molar-refractivity contribution in [3.05, 3.63) is 71.8 Å². The quantitative estimate of drug-likeness (QED) is 0.708. The third-order valence-electron chi connectivity index (χ3n) is 5.36. The van der Waals surface area contributed by atoms with Crippen LogP contribution in [0, 0.1) is 5.92 Å². The largest absolute Gasteiger partial charge is 0.154 e. The Morgan fingerprint density at radius 1 is 0.810 bits per heavy atom. The molecule has 2 fully saturated rings. The summed E-state index contributed by atoms with van der Waals surface area (Å²) in [5.74, 6) is 2.37. The summed E-state index contributed by atoms with van der Waals surface area (Å²) in [7, 11) is 0. The zero-order chi connectivity index (χ0) is 14.2. The summed E-state index contributed by atoms with van der Waals surface area (Å²) >= 11 is 2.24. The minimum atomic E-state index is 0.745. The molecule has 2 aliphatic rings. The summed E-state index contributed by atoms with van der Waals surface area (Å²) in [5, 5.41) is 1.62. The van der Waals surface area contributed by atoms with Crippen LogP contribution in [0.15, 0.2) is 60.7 Å². The average Bonchev–Trinajstić information content (AvgIpc) is 3.05. The maximum Gasteiger partial charge on any atom is 0.00934 e. The standard InChI is InChI=1S/C20H22S/c1-14-20(16-10-6-3-7-11-16)18-12-17(13-19(18)21-14)15-8-4-2-5-9-15/h2-11,14,17-20H,12-13H2,1H3. The van der Waals surface area contributed by atoms with Crippen molar-refractivity contribution in [2.75, 3.05) is 0 Å². The molecule has 1 saturated carbocycles. The van der Waals surface area contributed by atoms with E-state index in [4.69, 9.17) is 0 Å². The molecule has 108 valence electrons. The third-order valence-corrected chi connectivity index (χ3v) is 6.98.